The molecule has 1 N–H and O–H groups in total. The molecule has 2 amide bonds. The third-order valence-electron chi connectivity index (χ3n) is 6.22. The van der Waals surface area contributed by atoms with Crippen molar-refractivity contribution < 1.29 is 23.8 Å². The van der Waals surface area contributed by atoms with Gasteiger partial charge in [-0.3, -0.25) is 9.59 Å². The van der Waals surface area contributed by atoms with Crippen molar-refractivity contribution in [3.05, 3.63) is 74.7 Å². The smallest absolute Gasteiger partial charge is 0.262 e. The van der Waals surface area contributed by atoms with Gasteiger partial charge in [0.2, 0.25) is 0 Å². The molecule has 1 aliphatic rings. The van der Waals surface area contributed by atoms with E-state index in [2.05, 4.69) is 42.1 Å². The first-order chi connectivity index (χ1) is 18.3. The molecule has 0 atom stereocenters. The van der Waals surface area contributed by atoms with E-state index in [9.17, 15) is 9.59 Å². The Morgan fingerprint density at radius 3 is 2.11 bits per heavy atom. The number of halogens is 2. The van der Waals surface area contributed by atoms with E-state index in [-0.39, 0.29) is 18.4 Å². The zero-order chi connectivity index (χ0) is 27.2. The molecular weight excluding hydrogens is 618 g/mol. The van der Waals surface area contributed by atoms with Gasteiger partial charge < -0.3 is 29.3 Å². The summed E-state index contributed by atoms with van der Waals surface area (Å²) < 4.78 is 18.0. The molecule has 8 nitrogen and oxygen atoms in total. The molecule has 0 saturated carbocycles. The Morgan fingerprint density at radius 1 is 0.895 bits per heavy atom. The van der Waals surface area contributed by atoms with E-state index < -0.39 is 0 Å². The molecular formula is C28H29Br2N3O5. The maximum absolute atomic E-state index is 13.1. The van der Waals surface area contributed by atoms with Crippen molar-refractivity contribution in [3.8, 4) is 17.2 Å². The van der Waals surface area contributed by atoms with Crippen LogP contribution in [0.1, 0.15) is 15.9 Å². The number of methoxy groups -OCH3 is 2. The van der Waals surface area contributed by atoms with E-state index in [0.717, 1.165) is 20.2 Å². The number of carbonyl (C=O) groups excluding carboxylic acids is 2. The largest absolute Gasteiger partial charge is 0.497 e. The van der Waals surface area contributed by atoms with Crippen LogP contribution < -0.4 is 24.4 Å². The fourth-order valence-electron chi connectivity index (χ4n) is 4.24. The lowest BCUT2D eigenvalue weighted by molar-refractivity contribution is -0.118. The zero-order valence-electron chi connectivity index (χ0n) is 21.4. The highest BCUT2D eigenvalue weighted by molar-refractivity contribution is 9.11. The molecule has 0 spiro atoms. The summed E-state index contributed by atoms with van der Waals surface area (Å²) >= 11 is 6.91. The minimum atomic E-state index is -0.242. The van der Waals surface area contributed by atoms with Gasteiger partial charge in [-0.2, -0.15) is 0 Å². The highest BCUT2D eigenvalue weighted by atomic mass is 79.9. The van der Waals surface area contributed by atoms with Crippen molar-refractivity contribution in [3.63, 3.8) is 0 Å². The number of amides is 2. The van der Waals surface area contributed by atoms with Gasteiger partial charge in [0.15, 0.2) is 6.61 Å². The number of carbonyl (C=O) groups is 2. The number of nitrogens with one attached hydrogen (secondary N) is 1. The first kappa shape index (κ1) is 27.8. The van der Waals surface area contributed by atoms with E-state index in [1.807, 2.05) is 48.2 Å². The molecule has 10 heteroatoms. The van der Waals surface area contributed by atoms with Crippen molar-refractivity contribution in [2.45, 2.75) is 6.92 Å². The van der Waals surface area contributed by atoms with Crippen LogP contribution in [0.3, 0.4) is 0 Å². The molecule has 200 valence electrons. The van der Waals surface area contributed by atoms with Crippen LogP contribution in [-0.2, 0) is 4.79 Å². The molecule has 1 heterocycles. The second-order valence-electron chi connectivity index (χ2n) is 8.80. The Balaban J connectivity index is 1.29. The Morgan fingerprint density at radius 2 is 1.53 bits per heavy atom. The molecule has 0 aromatic heterocycles. The molecule has 3 aromatic carbocycles. The number of hydrogen-bond donors (Lipinski definition) is 1. The van der Waals surface area contributed by atoms with Crippen molar-refractivity contribution >= 4 is 55.0 Å². The van der Waals surface area contributed by atoms with Crippen LogP contribution in [0.4, 0.5) is 11.4 Å². The lowest BCUT2D eigenvalue weighted by Crippen LogP contribution is -2.48. The van der Waals surface area contributed by atoms with Crippen LogP contribution in [0, 0.1) is 6.92 Å². The summed E-state index contributed by atoms with van der Waals surface area (Å²) in [6.45, 7) is 4.42. The Kier molecular flexibility index (Phi) is 9.17. The summed E-state index contributed by atoms with van der Waals surface area (Å²) in [7, 11) is 3.13. The minimum Gasteiger partial charge on any atom is -0.497 e. The van der Waals surface area contributed by atoms with Crippen molar-refractivity contribution in [2.24, 2.45) is 0 Å². The SMILES string of the molecule is COc1cc(OC)cc(C(=O)N2CCN(c3ccc(NC(=O)COc4c(C)cc(Br)cc4Br)cc3)CC2)c1. The maximum Gasteiger partial charge on any atom is 0.262 e. The van der Waals surface area contributed by atoms with E-state index in [1.54, 1.807) is 32.4 Å². The molecule has 3 aromatic rings. The fraction of sp³-hybridized carbons (Fsp3) is 0.286. The number of aryl methyl sites for hydroxylation is 1. The second-order valence-corrected chi connectivity index (χ2v) is 10.6. The predicted octanol–water partition coefficient (Wildman–Crippen LogP) is 5.52. The fourth-order valence-corrected chi connectivity index (χ4v) is 5.80. The first-order valence-electron chi connectivity index (χ1n) is 12.0. The topological polar surface area (TPSA) is 80.3 Å². The molecule has 1 fully saturated rings. The van der Waals surface area contributed by atoms with Gasteiger partial charge in [-0.15, -0.1) is 0 Å². The van der Waals surface area contributed by atoms with E-state index in [4.69, 9.17) is 14.2 Å². The van der Waals surface area contributed by atoms with Gasteiger partial charge >= 0.3 is 0 Å². The summed E-state index contributed by atoms with van der Waals surface area (Å²) in [6, 6.07) is 16.7. The van der Waals surface area contributed by atoms with Gasteiger partial charge in [-0.25, -0.2) is 0 Å². The van der Waals surface area contributed by atoms with Crippen LogP contribution in [0.25, 0.3) is 0 Å². The van der Waals surface area contributed by atoms with E-state index in [0.29, 0.717) is 54.7 Å². The van der Waals surface area contributed by atoms with Crippen LogP contribution in [-0.4, -0.2) is 63.7 Å². The van der Waals surface area contributed by atoms with Gasteiger partial charge in [0.05, 0.1) is 18.7 Å². The number of nitrogens with zero attached hydrogens (tertiary/aromatic N) is 2. The van der Waals surface area contributed by atoms with Crippen LogP contribution in [0.2, 0.25) is 0 Å². The van der Waals surface area contributed by atoms with Crippen LogP contribution in [0.15, 0.2) is 63.5 Å². The van der Waals surface area contributed by atoms with Crippen molar-refractivity contribution in [2.75, 3.05) is 57.2 Å². The average Bonchev–Trinajstić information content (AvgIpc) is 2.92. The summed E-state index contributed by atoms with van der Waals surface area (Å²) in [5, 5.41) is 2.87. The quantitative estimate of drug-likeness (QED) is 0.347. The normalized spacial score (nSPS) is 13.2. The number of anilines is 2. The van der Waals surface area contributed by atoms with Gasteiger partial charge in [-0.05, 0) is 76.9 Å². The second kappa shape index (κ2) is 12.5. The lowest BCUT2D eigenvalue weighted by atomic mass is 10.1. The summed E-state index contributed by atoms with van der Waals surface area (Å²) in [4.78, 5) is 29.6. The van der Waals surface area contributed by atoms with Gasteiger partial charge in [0.1, 0.15) is 17.2 Å². The number of piperazine rings is 1. The van der Waals surface area contributed by atoms with Gasteiger partial charge in [-0.1, -0.05) is 15.9 Å². The number of rotatable bonds is 8. The standard InChI is InChI=1S/C28H29Br2N3O5/c1-18-12-20(29)15-25(30)27(18)38-17-26(34)31-21-4-6-22(7-5-21)32-8-10-33(11-9-32)28(35)19-13-23(36-2)16-24(14-19)37-3/h4-7,12-16H,8-11,17H2,1-3H3,(H,31,34). The highest BCUT2D eigenvalue weighted by Crippen LogP contribution is 2.32. The molecule has 4 rings (SSSR count). The number of hydrogen-bond acceptors (Lipinski definition) is 6. The van der Waals surface area contributed by atoms with Gasteiger partial charge in [0, 0.05) is 53.7 Å². The molecule has 1 saturated heterocycles. The maximum atomic E-state index is 13.1. The number of ether oxygens (including phenoxy) is 3. The lowest BCUT2D eigenvalue weighted by Gasteiger charge is -2.36. The van der Waals surface area contributed by atoms with E-state index in [1.165, 1.54) is 0 Å². The molecule has 0 aliphatic carbocycles. The van der Waals surface area contributed by atoms with Crippen LogP contribution >= 0.6 is 31.9 Å². The molecule has 38 heavy (non-hydrogen) atoms. The van der Waals surface area contributed by atoms with Crippen molar-refractivity contribution in [1.82, 2.24) is 4.90 Å². The average molecular weight is 647 g/mol. The predicted molar refractivity (Wildman–Crippen MR) is 155 cm³/mol. The Bertz CT molecular complexity index is 1260. The third-order valence-corrected chi connectivity index (χ3v) is 7.27. The molecule has 0 bridgehead atoms. The summed E-state index contributed by atoms with van der Waals surface area (Å²) in [5.74, 6) is 1.52. The Hall–Kier alpha value is -3.24. The molecule has 0 unspecified atom stereocenters. The third kappa shape index (κ3) is 6.79. The van der Waals surface area contributed by atoms with Gasteiger partial charge in [0.25, 0.3) is 11.8 Å². The van der Waals surface area contributed by atoms with Crippen molar-refractivity contribution in [1.29, 1.82) is 0 Å². The molecule has 0 radical (unpaired) electrons. The van der Waals surface area contributed by atoms with Crippen LogP contribution in [0.5, 0.6) is 17.2 Å². The van der Waals surface area contributed by atoms with E-state index >= 15 is 0 Å². The monoisotopic (exact) mass is 645 g/mol. The summed E-state index contributed by atoms with van der Waals surface area (Å²) in [6.07, 6.45) is 0. The molecule has 1 aliphatic heterocycles. The Labute approximate surface area is 239 Å². The zero-order valence-corrected chi connectivity index (χ0v) is 24.6. The minimum absolute atomic E-state index is 0.0486. The first-order valence-corrected chi connectivity index (χ1v) is 13.6. The number of benzene rings is 3. The highest BCUT2D eigenvalue weighted by Gasteiger charge is 2.23. The summed E-state index contributed by atoms with van der Waals surface area (Å²) in [5.41, 5.74) is 3.19.